The van der Waals surface area contributed by atoms with E-state index >= 15 is 0 Å². The molecule has 0 unspecified atom stereocenters. The number of rotatable bonds is 5. The molecule has 0 aromatic carbocycles. The van der Waals surface area contributed by atoms with E-state index in [1.165, 1.54) is 0 Å². The SMILES string of the molecule is Cc1noc(C)c1C(=O)NC[C@H]1CCN(Cc2ccccn2)C1. The van der Waals surface area contributed by atoms with Crippen LogP contribution in [-0.2, 0) is 6.54 Å². The monoisotopic (exact) mass is 314 g/mol. The molecule has 1 N–H and O–H groups in total. The molecule has 23 heavy (non-hydrogen) atoms. The van der Waals surface area contributed by atoms with Crippen molar-refractivity contribution in [2.75, 3.05) is 19.6 Å². The second kappa shape index (κ2) is 6.91. The van der Waals surface area contributed by atoms with Crippen LogP contribution in [-0.4, -0.2) is 40.6 Å². The molecule has 122 valence electrons. The van der Waals surface area contributed by atoms with Crippen LogP contribution < -0.4 is 5.32 Å². The molecule has 0 spiro atoms. The summed E-state index contributed by atoms with van der Waals surface area (Å²) in [7, 11) is 0. The number of amides is 1. The zero-order valence-corrected chi connectivity index (χ0v) is 13.6. The standard InChI is InChI=1S/C17H22N4O2/c1-12-16(13(2)23-20-12)17(22)19-9-14-6-8-21(10-14)11-15-5-3-4-7-18-15/h3-5,7,14H,6,8-11H2,1-2H3,(H,19,22)/t14-/m1/s1. The van der Waals surface area contributed by atoms with E-state index in [9.17, 15) is 4.79 Å². The fourth-order valence-corrected chi connectivity index (χ4v) is 3.08. The zero-order valence-electron chi connectivity index (χ0n) is 13.6. The summed E-state index contributed by atoms with van der Waals surface area (Å²) in [4.78, 5) is 19.0. The fourth-order valence-electron chi connectivity index (χ4n) is 3.08. The van der Waals surface area contributed by atoms with Gasteiger partial charge in [0, 0.05) is 25.8 Å². The molecule has 1 saturated heterocycles. The van der Waals surface area contributed by atoms with E-state index in [1.807, 2.05) is 24.4 Å². The quantitative estimate of drug-likeness (QED) is 0.913. The molecule has 6 nitrogen and oxygen atoms in total. The first kappa shape index (κ1) is 15.7. The van der Waals surface area contributed by atoms with Gasteiger partial charge in [-0.2, -0.15) is 0 Å². The van der Waals surface area contributed by atoms with E-state index in [-0.39, 0.29) is 5.91 Å². The van der Waals surface area contributed by atoms with Gasteiger partial charge in [0.15, 0.2) is 0 Å². The van der Waals surface area contributed by atoms with Crippen molar-refractivity contribution in [3.8, 4) is 0 Å². The van der Waals surface area contributed by atoms with Crippen LogP contribution in [0, 0.1) is 19.8 Å². The van der Waals surface area contributed by atoms with Gasteiger partial charge in [0.2, 0.25) is 0 Å². The lowest BCUT2D eigenvalue weighted by molar-refractivity contribution is 0.0945. The van der Waals surface area contributed by atoms with E-state index in [0.717, 1.165) is 31.7 Å². The summed E-state index contributed by atoms with van der Waals surface area (Å²) in [6.45, 7) is 7.13. The van der Waals surface area contributed by atoms with Crippen molar-refractivity contribution < 1.29 is 9.32 Å². The highest BCUT2D eigenvalue weighted by atomic mass is 16.5. The lowest BCUT2D eigenvalue weighted by Crippen LogP contribution is -2.31. The van der Waals surface area contributed by atoms with E-state index in [2.05, 4.69) is 20.4 Å². The third kappa shape index (κ3) is 3.76. The van der Waals surface area contributed by atoms with Gasteiger partial charge in [-0.3, -0.25) is 14.7 Å². The van der Waals surface area contributed by atoms with Crippen LogP contribution in [0.1, 0.15) is 33.9 Å². The molecule has 1 aliphatic heterocycles. The van der Waals surface area contributed by atoms with Crippen LogP contribution in [0.15, 0.2) is 28.9 Å². The second-order valence-electron chi connectivity index (χ2n) is 6.12. The Labute approximate surface area is 135 Å². The molecule has 0 aliphatic carbocycles. The molecule has 0 radical (unpaired) electrons. The number of nitrogens with one attached hydrogen (secondary N) is 1. The molecule has 6 heteroatoms. The molecular weight excluding hydrogens is 292 g/mol. The molecule has 1 amide bonds. The number of aryl methyl sites for hydroxylation is 2. The lowest BCUT2D eigenvalue weighted by atomic mass is 10.1. The number of hydrogen-bond donors (Lipinski definition) is 1. The number of nitrogens with zero attached hydrogens (tertiary/aromatic N) is 3. The lowest BCUT2D eigenvalue weighted by Gasteiger charge is -2.15. The predicted octanol–water partition coefficient (Wildman–Crippen LogP) is 1.94. The molecule has 1 atom stereocenters. The Bertz CT molecular complexity index is 649. The fraction of sp³-hybridized carbons (Fsp3) is 0.471. The topological polar surface area (TPSA) is 71.3 Å². The minimum atomic E-state index is -0.0931. The summed E-state index contributed by atoms with van der Waals surface area (Å²) in [5.74, 6) is 0.954. The third-order valence-electron chi connectivity index (χ3n) is 4.29. The summed E-state index contributed by atoms with van der Waals surface area (Å²) in [6, 6.07) is 5.99. The van der Waals surface area contributed by atoms with Crippen molar-refractivity contribution in [1.29, 1.82) is 0 Å². The number of likely N-dealkylation sites (tertiary alicyclic amines) is 1. The van der Waals surface area contributed by atoms with Crippen LogP contribution in [0.3, 0.4) is 0 Å². The van der Waals surface area contributed by atoms with Gasteiger partial charge in [-0.1, -0.05) is 11.2 Å². The van der Waals surface area contributed by atoms with Gasteiger partial charge in [-0.25, -0.2) is 0 Å². The highest BCUT2D eigenvalue weighted by molar-refractivity contribution is 5.96. The Morgan fingerprint density at radius 2 is 2.30 bits per heavy atom. The number of carbonyl (C=O) groups excluding carboxylic acids is 1. The largest absolute Gasteiger partial charge is 0.361 e. The van der Waals surface area contributed by atoms with Crippen LogP contribution in [0.2, 0.25) is 0 Å². The van der Waals surface area contributed by atoms with Gasteiger partial charge < -0.3 is 9.84 Å². The molecule has 3 heterocycles. The molecule has 1 aliphatic rings. The van der Waals surface area contributed by atoms with Gasteiger partial charge in [0.05, 0.1) is 11.4 Å². The Hall–Kier alpha value is -2.21. The Morgan fingerprint density at radius 1 is 1.43 bits per heavy atom. The molecule has 0 saturated carbocycles. The molecule has 3 rings (SSSR count). The van der Waals surface area contributed by atoms with Gasteiger partial charge >= 0.3 is 0 Å². The van der Waals surface area contributed by atoms with Crippen LogP contribution in [0.5, 0.6) is 0 Å². The van der Waals surface area contributed by atoms with E-state index in [1.54, 1.807) is 13.8 Å². The Morgan fingerprint density at radius 3 is 3.00 bits per heavy atom. The zero-order chi connectivity index (χ0) is 16.2. The minimum Gasteiger partial charge on any atom is -0.361 e. The summed E-state index contributed by atoms with van der Waals surface area (Å²) in [5.41, 5.74) is 2.30. The summed E-state index contributed by atoms with van der Waals surface area (Å²) < 4.78 is 5.05. The average Bonchev–Trinajstić information content (AvgIpc) is 3.13. The molecular formula is C17H22N4O2. The van der Waals surface area contributed by atoms with Crippen LogP contribution >= 0.6 is 0 Å². The normalized spacial score (nSPS) is 18.3. The molecule has 1 fully saturated rings. The van der Waals surface area contributed by atoms with E-state index in [4.69, 9.17) is 4.52 Å². The van der Waals surface area contributed by atoms with Gasteiger partial charge in [-0.15, -0.1) is 0 Å². The van der Waals surface area contributed by atoms with Gasteiger partial charge in [-0.05, 0) is 44.9 Å². The van der Waals surface area contributed by atoms with E-state index in [0.29, 0.717) is 29.5 Å². The molecule has 2 aromatic rings. The number of pyridine rings is 1. The van der Waals surface area contributed by atoms with Crippen molar-refractivity contribution in [3.63, 3.8) is 0 Å². The highest BCUT2D eigenvalue weighted by Crippen LogP contribution is 2.18. The third-order valence-corrected chi connectivity index (χ3v) is 4.29. The molecule has 0 bridgehead atoms. The number of aromatic nitrogens is 2. The van der Waals surface area contributed by atoms with Gasteiger partial charge in [0.1, 0.15) is 11.3 Å². The summed E-state index contributed by atoms with van der Waals surface area (Å²) in [5, 5.41) is 6.84. The average molecular weight is 314 g/mol. The summed E-state index contributed by atoms with van der Waals surface area (Å²) in [6.07, 6.45) is 2.92. The molecule has 2 aromatic heterocycles. The number of carbonyl (C=O) groups is 1. The van der Waals surface area contributed by atoms with Crippen molar-refractivity contribution >= 4 is 5.91 Å². The maximum atomic E-state index is 12.2. The van der Waals surface area contributed by atoms with Crippen molar-refractivity contribution in [2.45, 2.75) is 26.8 Å². The van der Waals surface area contributed by atoms with Crippen molar-refractivity contribution in [3.05, 3.63) is 47.1 Å². The maximum absolute atomic E-state index is 12.2. The minimum absolute atomic E-state index is 0.0931. The smallest absolute Gasteiger partial charge is 0.256 e. The van der Waals surface area contributed by atoms with Crippen molar-refractivity contribution in [1.82, 2.24) is 20.4 Å². The summed E-state index contributed by atoms with van der Waals surface area (Å²) >= 11 is 0. The van der Waals surface area contributed by atoms with Crippen LogP contribution in [0.4, 0.5) is 0 Å². The highest BCUT2D eigenvalue weighted by Gasteiger charge is 2.24. The maximum Gasteiger partial charge on any atom is 0.256 e. The first-order valence-electron chi connectivity index (χ1n) is 7.97. The first-order valence-corrected chi connectivity index (χ1v) is 7.97. The Kier molecular flexibility index (Phi) is 4.71. The number of hydrogen-bond acceptors (Lipinski definition) is 5. The first-order chi connectivity index (χ1) is 11.1. The van der Waals surface area contributed by atoms with E-state index < -0.39 is 0 Å². The Balaban J connectivity index is 1.48. The second-order valence-corrected chi connectivity index (χ2v) is 6.12. The van der Waals surface area contributed by atoms with Crippen LogP contribution in [0.25, 0.3) is 0 Å². The van der Waals surface area contributed by atoms with Crippen molar-refractivity contribution in [2.24, 2.45) is 5.92 Å². The predicted molar refractivity (Wildman–Crippen MR) is 85.9 cm³/mol. The van der Waals surface area contributed by atoms with Gasteiger partial charge in [0.25, 0.3) is 5.91 Å².